The summed E-state index contributed by atoms with van der Waals surface area (Å²) in [7, 11) is 0. The second kappa shape index (κ2) is 6.52. The Balaban J connectivity index is 2.01. The molecule has 0 aromatic carbocycles. The highest BCUT2D eigenvalue weighted by molar-refractivity contribution is 6.29. The lowest BCUT2D eigenvalue weighted by Crippen LogP contribution is -2.45. The molecule has 1 fully saturated rings. The number of carbonyl (C=O) groups is 2. The molecule has 1 N–H and O–H groups in total. The molecule has 1 aromatic rings. The number of carbonyl (C=O) groups excluding carboxylic acids is 2. The second-order valence-corrected chi connectivity index (χ2v) is 6.58. The second-order valence-electron chi connectivity index (χ2n) is 6.19. The Hall–Kier alpha value is -1.82. The maximum Gasteiger partial charge on any atom is 0.410 e. The molecule has 0 aliphatic carbocycles. The van der Waals surface area contributed by atoms with Crippen molar-refractivity contribution >= 4 is 29.3 Å². The molecule has 7 heteroatoms. The van der Waals surface area contributed by atoms with E-state index in [1.165, 1.54) is 11.1 Å². The van der Waals surface area contributed by atoms with Gasteiger partial charge in [-0.05, 0) is 45.7 Å². The van der Waals surface area contributed by atoms with E-state index < -0.39 is 17.7 Å². The topological polar surface area (TPSA) is 71.5 Å². The first-order valence-electron chi connectivity index (χ1n) is 7.18. The Morgan fingerprint density at radius 2 is 2.14 bits per heavy atom. The van der Waals surface area contributed by atoms with Gasteiger partial charge >= 0.3 is 6.09 Å². The quantitative estimate of drug-likeness (QED) is 0.848. The summed E-state index contributed by atoms with van der Waals surface area (Å²) >= 11 is 5.71. The number of hydrogen-bond acceptors (Lipinski definition) is 4. The third-order valence-electron chi connectivity index (χ3n) is 3.18. The van der Waals surface area contributed by atoms with Crippen molar-refractivity contribution in [1.29, 1.82) is 0 Å². The summed E-state index contributed by atoms with van der Waals surface area (Å²) in [6.07, 6.45) is 2.41. The number of likely N-dealkylation sites (tertiary alicyclic amines) is 1. The summed E-state index contributed by atoms with van der Waals surface area (Å²) in [5.74, 6) is -0.243. The Labute approximate surface area is 134 Å². The molecule has 1 aromatic heterocycles. The first kappa shape index (κ1) is 16.5. The molecule has 0 bridgehead atoms. The lowest BCUT2D eigenvalue weighted by Gasteiger charge is -2.28. The summed E-state index contributed by atoms with van der Waals surface area (Å²) < 4.78 is 5.35. The summed E-state index contributed by atoms with van der Waals surface area (Å²) in [5.41, 5.74) is -0.0358. The molecule has 1 atom stereocenters. The number of halogens is 1. The number of aromatic nitrogens is 1. The van der Waals surface area contributed by atoms with Crippen molar-refractivity contribution < 1.29 is 14.3 Å². The minimum atomic E-state index is -0.583. The van der Waals surface area contributed by atoms with Crippen molar-refractivity contribution in [2.75, 3.05) is 11.9 Å². The average molecular weight is 326 g/mol. The van der Waals surface area contributed by atoms with Crippen molar-refractivity contribution in [3.8, 4) is 0 Å². The maximum absolute atomic E-state index is 12.4. The van der Waals surface area contributed by atoms with Crippen molar-refractivity contribution in [2.45, 2.75) is 45.3 Å². The number of ether oxygens (including phenoxy) is 1. The maximum atomic E-state index is 12.4. The minimum Gasteiger partial charge on any atom is -0.444 e. The van der Waals surface area contributed by atoms with E-state index in [9.17, 15) is 9.59 Å². The van der Waals surface area contributed by atoms with Crippen LogP contribution in [-0.2, 0) is 9.53 Å². The van der Waals surface area contributed by atoms with Crippen LogP contribution in [0.1, 0.15) is 33.6 Å². The van der Waals surface area contributed by atoms with Crippen LogP contribution in [0.15, 0.2) is 18.3 Å². The third kappa shape index (κ3) is 4.34. The predicted octanol–water partition coefficient (Wildman–Crippen LogP) is 3.07. The summed E-state index contributed by atoms with van der Waals surface area (Å²) in [4.78, 5) is 29.9. The van der Waals surface area contributed by atoms with Crippen LogP contribution in [0.2, 0.25) is 5.15 Å². The fraction of sp³-hybridized carbons (Fsp3) is 0.533. The average Bonchev–Trinajstić information content (AvgIpc) is 2.89. The van der Waals surface area contributed by atoms with Gasteiger partial charge in [0, 0.05) is 6.54 Å². The number of hydrogen-bond donors (Lipinski definition) is 1. The fourth-order valence-electron chi connectivity index (χ4n) is 2.25. The lowest BCUT2D eigenvalue weighted by atomic mass is 10.2. The van der Waals surface area contributed by atoms with E-state index in [4.69, 9.17) is 16.3 Å². The van der Waals surface area contributed by atoms with Crippen LogP contribution >= 0.6 is 11.6 Å². The van der Waals surface area contributed by atoms with Gasteiger partial charge in [0.05, 0.1) is 11.9 Å². The van der Waals surface area contributed by atoms with Crippen LogP contribution in [0.25, 0.3) is 0 Å². The van der Waals surface area contributed by atoms with Gasteiger partial charge in [0.15, 0.2) is 0 Å². The van der Waals surface area contributed by atoms with Gasteiger partial charge in [-0.2, -0.15) is 0 Å². The predicted molar refractivity (Wildman–Crippen MR) is 83.8 cm³/mol. The third-order valence-corrected chi connectivity index (χ3v) is 3.40. The zero-order chi connectivity index (χ0) is 16.3. The molecule has 1 saturated heterocycles. The monoisotopic (exact) mass is 325 g/mol. The number of amides is 2. The Morgan fingerprint density at radius 3 is 2.73 bits per heavy atom. The van der Waals surface area contributed by atoms with Crippen LogP contribution in [-0.4, -0.2) is 40.1 Å². The van der Waals surface area contributed by atoms with Crippen molar-refractivity contribution in [3.63, 3.8) is 0 Å². The van der Waals surface area contributed by atoms with Crippen molar-refractivity contribution in [2.24, 2.45) is 0 Å². The number of nitrogens with one attached hydrogen (secondary N) is 1. The molecule has 1 aliphatic heterocycles. The number of pyridine rings is 1. The zero-order valence-corrected chi connectivity index (χ0v) is 13.7. The van der Waals surface area contributed by atoms with Crippen molar-refractivity contribution in [3.05, 3.63) is 23.5 Å². The number of anilines is 1. The largest absolute Gasteiger partial charge is 0.444 e. The normalized spacial score (nSPS) is 18.2. The number of nitrogens with zero attached hydrogens (tertiary/aromatic N) is 2. The lowest BCUT2D eigenvalue weighted by molar-refractivity contribution is -0.120. The highest BCUT2D eigenvalue weighted by Gasteiger charge is 2.36. The number of rotatable bonds is 2. The molecule has 2 rings (SSSR count). The van der Waals surface area contributed by atoms with Crippen LogP contribution in [0, 0.1) is 0 Å². The van der Waals surface area contributed by atoms with Crippen LogP contribution in [0.5, 0.6) is 0 Å². The van der Waals surface area contributed by atoms with E-state index in [-0.39, 0.29) is 5.91 Å². The molecule has 0 spiro atoms. The SMILES string of the molecule is CC(C)(C)OC(=O)N1CCC[C@H]1C(=O)Nc1ccc(Cl)nc1. The zero-order valence-electron chi connectivity index (χ0n) is 12.9. The molecule has 2 heterocycles. The summed E-state index contributed by atoms with van der Waals surface area (Å²) in [6, 6.07) is 2.74. The van der Waals surface area contributed by atoms with Crippen LogP contribution in [0.3, 0.4) is 0 Å². The van der Waals surface area contributed by atoms with E-state index in [1.807, 2.05) is 0 Å². The van der Waals surface area contributed by atoms with E-state index in [0.29, 0.717) is 23.8 Å². The molecule has 0 unspecified atom stereocenters. The Bertz CT molecular complexity index is 554. The van der Waals surface area contributed by atoms with Gasteiger partial charge in [-0.3, -0.25) is 9.69 Å². The van der Waals surface area contributed by atoms with Gasteiger partial charge in [-0.15, -0.1) is 0 Å². The van der Waals surface area contributed by atoms with Crippen LogP contribution < -0.4 is 5.32 Å². The molecule has 22 heavy (non-hydrogen) atoms. The van der Waals surface area contributed by atoms with E-state index >= 15 is 0 Å². The standard InChI is InChI=1S/C15H20ClN3O3/c1-15(2,3)22-14(21)19-8-4-5-11(19)13(20)18-10-6-7-12(16)17-9-10/h6-7,9,11H,4-5,8H2,1-3H3,(H,18,20)/t11-/m0/s1. The van der Waals surface area contributed by atoms with Crippen molar-refractivity contribution in [1.82, 2.24) is 9.88 Å². The van der Waals surface area contributed by atoms with Gasteiger partial charge in [0.2, 0.25) is 5.91 Å². The van der Waals surface area contributed by atoms with Crippen LogP contribution in [0.4, 0.5) is 10.5 Å². The smallest absolute Gasteiger partial charge is 0.410 e. The minimum absolute atomic E-state index is 0.243. The Morgan fingerprint density at radius 1 is 1.41 bits per heavy atom. The summed E-state index contributed by atoms with van der Waals surface area (Å²) in [6.45, 7) is 5.92. The van der Waals surface area contributed by atoms with Gasteiger partial charge in [-0.1, -0.05) is 11.6 Å². The first-order valence-corrected chi connectivity index (χ1v) is 7.56. The Kier molecular flexibility index (Phi) is 4.90. The molecule has 2 amide bonds. The fourth-order valence-corrected chi connectivity index (χ4v) is 2.37. The van der Waals surface area contributed by atoms with Gasteiger partial charge in [0.25, 0.3) is 0 Å². The highest BCUT2D eigenvalue weighted by atomic mass is 35.5. The van der Waals surface area contributed by atoms with E-state index in [0.717, 1.165) is 6.42 Å². The van der Waals surface area contributed by atoms with Gasteiger partial charge in [0.1, 0.15) is 16.8 Å². The van der Waals surface area contributed by atoms with E-state index in [1.54, 1.807) is 32.9 Å². The van der Waals surface area contributed by atoms with E-state index in [2.05, 4.69) is 10.3 Å². The summed E-state index contributed by atoms with van der Waals surface area (Å²) in [5, 5.41) is 3.11. The molecule has 0 radical (unpaired) electrons. The van der Waals surface area contributed by atoms with Gasteiger partial charge in [-0.25, -0.2) is 9.78 Å². The molecule has 0 saturated carbocycles. The molecular weight excluding hydrogens is 306 g/mol. The molecular formula is C15H20ClN3O3. The molecule has 120 valence electrons. The highest BCUT2D eigenvalue weighted by Crippen LogP contribution is 2.22. The van der Waals surface area contributed by atoms with Gasteiger partial charge < -0.3 is 10.1 Å². The first-order chi connectivity index (χ1) is 10.3. The molecule has 6 nitrogen and oxygen atoms in total. The molecule has 1 aliphatic rings.